The van der Waals surface area contributed by atoms with Gasteiger partial charge in [-0.3, -0.25) is 0 Å². The van der Waals surface area contributed by atoms with Crippen LogP contribution in [-0.4, -0.2) is 44.1 Å². The molecule has 6 rings (SSSR count). The zero-order chi connectivity index (χ0) is 28.7. The highest BCUT2D eigenvalue weighted by Crippen LogP contribution is 2.65. The molecule has 40 heavy (non-hydrogen) atoms. The number of ether oxygens (including phenoxy) is 2. The third kappa shape index (κ3) is 4.71. The lowest BCUT2D eigenvalue weighted by molar-refractivity contribution is -0.303. The summed E-state index contributed by atoms with van der Waals surface area (Å²) in [5, 5.41) is 11.1. The number of aliphatic hydroxyl groups is 1. The predicted molar refractivity (Wildman–Crippen MR) is 142 cm³/mol. The van der Waals surface area contributed by atoms with Gasteiger partial charge in [-0.2, -0.15) is 21.6 Å². The van der Waals surface area contributed by atoms with E-state index in [-0.39, 0.29) is 28.4 Å². The predicted octanol–water partition coefficient (Wildman–Crippen LogP) is 6.46. The Morgan fingerprint density at radius 2 is 1.68 bits per heavy atom. The lowest BCUT2D eigenvalue weighted by atomic mass is 9.49. The largest absolute Gasteiger partial charge is 0.534 e. The third-order valence-electron chi connectivity index (χ3n) is 10.6. The Hall–Kier alpha value is -1.62. The lowest BCUT2D eigenvalue weighted by Gasteiger charge is -2.56. The summed E-state index contributed by atoms with van der Waals surface area (Å²) < 4.78 is 78.7. The Labute approximate surface area is 234 Å². The summed E-state index contributed by atoms with van der Waals surface area (Å²) in [6, 6.07) is 6.02. The van der Waals surface area contributed by atoms with E-state index in [9.17, 15) is 26.7 Å². The summed E-state index contributed by atoms with van der Waals surface area (Å²) in [7, 11) is -5.74. The number of hydrogen-bond acceptors (Lipinski definition) is 6. The maximum absolute atomic E-state index is 12.8. The van der Waals surface area contributed by atoms with Crippen molar-refractivity contribution >= 4 is 10.1 Å². The summed E-state index contributed by atoms with van der Waals surface area (Å²) in [4.78, 5) is 0. The van der Waals surface area contributed by atoms with Crippen LogP contribution in [0, 0.1) is 28.6 Å². The Morgan fingerprint density at radius 1 is 1.00 bits per heavy atom. The van der Waals surface area contributed by atoms with Gasteiger partial charge >= 0.3 is 15.6 Å². The molecule has 1 aromatic rings. The average Bonchev–Trinajstić information content (AvgIpc) is 3.19. The summed E-state index contributed by atoms with van der Waals surface area (Å²) in [5.41, 5.74) is -1.92. The van der Waals surface area contributed by atoms with E-state index in [1.54, 1.807) is 12.1 Å². The summed E-state index contributed by atoms with van der Waals surface area (Å²) >= 11 is 0. The van der Waals surface area contributed by atoms with Crippen LogP contribution in [0.2, 0.25) is 0 Å². The Bertz CT molecular complexity index is 1280. The number of allylic oxidation sites excluding steroid dienone is 1. The van der Waals surface area contributed by atoms with E-state index < -0.39 is 27.5 Å². The second-order valence-corrected chi connectivity index (χ2v) is 15.3. The number of alkyl halides is 3. The molecule has 1 N–H and O–H groups in total. The van der Waals surface area contributed by atoms with Gasteiger partial charge in [0.2, 0.25) is 0 Å². The third-order valence-corrected chi connectivity index (χ3v) is 11.6. The van der Waals surface area contributed by atoms with Crippen molar-refractivity contribution in [2.24, 2.45) is 28.6 Å². The van der Waals surface area contributed by atoms with Gasteiger partial charge in [0.1, 0.15) is 5.75 Å². The van der Waals surface area contributed by atoms with Gasteiger partial charge in [0.25, 0.3) is 0 Å². The molecule has 1 spiro atoms. The SMILES string of the molecule is CC1(C)COC2(CCC3=C(CC[C@@H]4[C@@H]3[C@@H](c3ccc(OS(=O)(=O)C(F)(F)F)cc3)C[C@]3(C)[C@@H](O)CC[C@@H]43)C2)OC1. The Balaban J connectivity index is 1.32. The van der Waals surface area contributed by atoms with E-state index in [2.05, 4.69) is 25.0 Å². The van der Waals surface area contributed by atoms with Crippen LogP contribution in [-0.2, 0) is 19.6 Å². The van der Waals surface area contributed by atoms with Crippen molar-refractivity contribution in [1.29, 1.82) is 0 Å². The van der Waals surface area contributed by atoms with Crippen molar-refractivity contribution in [2.45, 2.75) is 95.5 Å². The van der Waals surface area contributed by atoms with E-state index >= 15 is 0 Å². The van der Waals surface area contributed by atoms with Gasteiger partial charge in [-0.1, -0.05) is 44.1 Å². The topological polar surface area (TPSA) is 82.1 Å². The Kier molecular flexibility index (Phi) is 6.73. The lowest BCUT2D eigenvalue weighted by Crippen LogP contribution is -2.52. The fourth-order valence-electron chi connectivity index (χ4n) is 8.54. The average molecular weight is 585 g/mol. The van der Waals surface area contributed by atoms with E-state index in [0.717, 1.165) is 56.9 Å². The Morgan fingerprint density at radius 3 is 2.33 bits per heavy atom. The van der Waals surface area contributed by atoms with Crippen LogP contribution in [0.4, 0.5) is 13.2 Å². The number of rotatable bonds is 3. The van der Waals surface area contributed by atoms with Gasteiger partial charge in [0, 0.05) is 18.3 Å². The fourth-order valence-corrected chi connectivity index (χ4v) is 9.00. The van der Waals surface area contributed by atoms with Crippen LogP contribution in [0.15, 0.2) is 35.4 Å². The first kappa shape index (κ1) is 28.5. The van der Waals surface area contributed by atoms with Crippen LogP contribution in [0.1, 0.15) is 83.6 Å². The number of aliphatic hydroxyl groups excluding tert-OH is 1. The molecule has 6 atom stereocenters. The van der Waals surface area contributed by atoms with E-state index in [1.807, 2.05) is 0 Å². The van der Waals surface area contributed by atoms with E-state index in [4.69, 9.17) is 9.47 Å². The highest BCUT2D eigenvalue weighted by molar-refractivity contribution is 7.88. The van der Waals surface area contributed by atoms with Gasteiger partial charge in [-0.25, -0.2) is 0 Å². The van der Waals surface area contributed by atoms with Crippen LogP contribution < -0.4 is 4.18 Å². The summed E-state index contributed by atoms with van der Waals surface area (Å²) in [6.45, 7) is 7.82. The van der Waals surface area contributed by atoms with Crippen molar-refractivity contribution in [3.63, 3.8) is 0 Å². The molecule has 0 amide bonds. The van der Waals surface area contributed by atoms with Crippen molar-refractivity contribution in [3.8, 4) is 5.75 Å². The monoisotopic (exact) mass is 584 g/mol. The number of halogens is 3. The van der Waals surface area contributed by atoms with Crippen molar-refractivity contribution in [3.05, 3.63) is 41.0 Å². The van der Waals surface area contributed by atoms with Gasteiger partial charge in [-0.05, 0) is 85.3 Å². The van der Waals surface area contributed by atoms with Crippen LogP contribution >= 0.6 is 0 Å². The second-order valence-electron chi connectivity index (χ2n) is 13.8. The smallest absolute Gasteiger partial charge is 0.393 e. The van der Waals surface area contributed by atoms with E-state index in [1.165, 1.54) is 23.3 Å². The minimum absolute atomic E-state index is 0.00485. The molecule has 3 fully saturated rings. The molecule has 2 saturated carbocycles. The zero-order valence-corrected chi connectivity index (χ0v) is 24.1. The van der Waals surface area contributed by atoms with Crippen LogP contribution in [0.5, 0.6) is 5.75 Å². The molecule has 10 heteroatoms. The minimum Gasteiger partial charge on any atom is -0.393 e. The molecule has 5 aliphatic rings. The number of benzene rings is 1. The first-order valence-electron chi connectivity index (χ1n) is 14.4. The van der Waals surface area contributed by atoms with Crippen LogP contribution in [0.25, 0.3) is 0 Å². The molecule has 0 unspecified atom stereocenters. The normalized spacial score (nSPS) is 37.0. The second kappa shape index (κ2) is 9.44. The molecule has 6 nitrogen and oxygen atoms in total. The molecule has 0 radical (unpaired) electrons. The first-order chi connectivity index (χ1) is 18.6. The van der Waals surface area contributed by atoms with Crippen LogP contribution in [0.3, 0.4) is 0 Å². The number of hydrogen-bond donors (Lipinski definition) is 1. The molecular weight excluding hydrogens is 545 g/mol. The molecule has 4 aliphatic carbocycles. The quantitative estimate of drug-likeness (QED) is 0.250. The molecular formula is C30H39F3O6S. The van der Waals surface area contributed by atoms with Crippen molar-refractivity contribution in [1.82, 2.24) is 0 Å². The molecule has 0 bridgehead atoms. The van der Waals surface area contributed by atoms with Crippen molar-refractivity contribution < 1.29 is 40.4 Å². The van der Waals surface area contributed by atoms with Gasteiger partial charge in [-0.15, -0.1) is 0 Å². The highest BCUT2D eigenvalue weighted by Gasteiger charge is 2.59. The molecule has 1 heterocycles. The van der Waals surface area contributed by atoms with E-state index in [0.29, 0.717) is 25.0 Å². The van der Waals surface area contributed by atoms with Gasteiger partial charge in [0.15, 0.2) is 5.79 Å². The standard InChI is InChI=1S/C30H39F3O6S/c1-27(2)16-37-29(38-17-27)13-12-21-19(14-29)6-9-22-24-10-11-25(34)28(24,3)15-23(26(21)22)18-4-7-20(8-5-18)39-40(35,36)30(31,32)33/h4-5,7-8,22-26,34H,6,9-17H2,1-3H3/t22-,23+,24-,25-,26+,28-/m0/s1. The molecule has 222 valence electrons. The molecule has 0 aromatic heterocycles. The molecule has 1 aliphatic heterocycles. The summed E-state index contributed by atoms with van der Waals surface area (Å²) in [5.74, 6) is 0.204. The maximum Gasteiger partial charge on any atom is 0.534 e. The summed E-state index contributed by atoms with van der Waals surface area (Å²) in [6.07, 6.45) is 6.62. The maximum atomic E-state index is 12.8. The van der Waals surface area contributed by atoms with Gasteiger partial charge < -0.3 is 18.8 Å². The first-order valence-corrected chi connectivity index (χ1v) is 15.8. The molecule has 1 aromatic carbocycles. The van der Waals surface area contributed by atoms with Gasteiger partial charge in [0.05, 0.1) is 19.3 Å². The number of fused-ring (bicyclic) bond motifs is 4. The fraction of sp³-hybridized carbons (Fsp3) is 0.733. The molecule has 1 saturated heterocycles. The van der Waals surface area contributed by atoms with Crippen molar-refractivity contribution in [2.75, 3.05) is 13.2 Å². The highest BCUT2D eigenvalue weighted by atomic mass is 32.2. The minimum atomic E-state index is -5.74. The zero-order valence-electron chi connectivity index (χ0n) is 23.3.